The number of nitrogens with one attached hydrogen (secondary N) is 1. The van der Waals surface area contributed by atoms with Gasteiger partial charge in [-0.2, -0.15) is 0 Å². The Morgan fingerprint density at radius 2 is 1.85 bits per heavy atom. The van der Waals surface area contributed by atoms with Gasteiger partial charge in [0.05, 0.1) is 0 Å². The Bertz CT molecular complexity index is 614. The Hall–Kier alpha value is -2.08. The number of carbonyl (C=O) groups is 2. The van der Waals surface area contributed by atoms with Crippen molar-refractivity contribution in [3.63, 3.8) is 0 Å². The predicted molar refractivity (Wildman–Crippen MR) is 104 cm³/mol. The minimum Gasteiger partial charge on any atom is -0.445 e. The van der Waals surface area contributed by atoms with E-state index in [0.29, 0.717) is 24.9 Å². The summed E-state index contributed by atoms with van der Waals surface area (Å²) in [6.07, 6.45) is 4.43. The number of likely N-dealkylation sites (tertiary alicyclic amines) is 2. The molecule has 0 unspecified atom stereocenters. The summed E-state index contributed by atoms with van der Waals surface area (Å²) >= 11 is 0. The minimum absolute atomic E-state index is 0.153. The number of amides is 2. The van der Waals surface area contributed by atoms with Crippen molar-refractivity contribution in [2.75, 3.05) is 33.2 Å². The molecule has 148 valence electrons. The number of hydrogen-bond donors (Lipinski definition) is 1. The van der Waals surface area contributed by atoms with Crippen LogP contribution in [0.3, 0.4) is 0 Å². The summed E-state index contributed by atoms with van der Waals surface area (Å²) in [4.78, 5) is 28.9. The Morgan fingerprint density at radius 1 is 1.11 bits per heavy atom. The first-order valence-corrected chi connectivity index (χ1v) is 10.1. The molecule has 2 saturated heterocycles. The molecule has 2 aliphatic rings. The summed E-state index contributed by atoms with van der Waals surface area (Å²) in [7, 11) is 2.16. The zero-order valence-electron chi connectivity index (χ0n) is 16.2. The van der Waals surface area contributed by atoms with Gasteiger partial charge in [0.25, 0.3) is 0 Å². The highest BCUT2D eigenvalue weighted by Crippen LogP contribution is 2.31. The van der Waals surface area contributed by atoms with Crippen LogP contribution in [0, 0.1) is 5.92 Å². The SMILES string of the molecule is CN1CCC([C@@H]2CCCN2C(=O)CCNC(=O)OCc2ccccc2)CC1. The fraction of sp³-hybridized carbons (Fsp3) is 0.619. The second kappa shape index (κ2) is 9.74. The van der Waals surface area contributed by atoms with Gasteiger partial charge in [0, 0.05) is 25.6 Å². The van der Waals surface area contributed by atoms with E-state index in [1.807, 2.05) is 30.3 Å². The first kappa shape index (κ1) is 19.7. The number of nitrogens with zero attached hydrogens (tertiary/aromatic N) is 2. The highest BCUT2D eigenvalue weighted by atomic mass is 16.5. The summed E-state index contributed by atoms with van der Waals surface area (Å²) in [5.74, 6) is 0.774. The molecule has 1 atom stereocenters. The fourth-order valence-corrected chi connectivity index (χ4v) is 4.19. The molecule has 2 fully saturated rings. The predicted octanol–water partition coefficient (Wildman–Crippen LogP) is 2.64. The number of piperidine rings is 1. The van der Waals surface area contributed by atoms with Gasteiger partial charge in [-0.3, -0.25) is 4.79 Å². The van der Waals surface area contributed by atoms with Gasteiger partial charge in [-0.1, -0.05) is 30.3 Å². The van der Waals surface area contributed by atoms with Gasteiger partial charge in [-0.15, -0.1) is 0 Å². The van der Waals surface area contributed by atoms with Crippen molar-refractivity contribution in [2.45, 2.75) is 44.8 Å². The molecule has 0 spiro atoms. The Balaban J connectivity index is 1.37. The molecule has 0 aromatic heterocycles. The van der Waals surface area contributed by atoms with Gasteiger partial charge in [-0.05, 0) is 57.3 Å². The first-order valence-electron chi connectivity index (χ1n) is 10.1. The van der Waals surface area contributed by atoms with Crippen LogP contribution in [0.15, 0.2) is 30.3 Å². The maximum absolute atomic E-state index is 12.6. The van der Waals surface area contributed by atoms with Crippen molar-refractivity contribution in [1.29, 1.82) is 0 Å². The van der Waals surface area contributed by atoms with E-state index >= 15 is 0 Å². The van der Waals surface area contributed by atoms with E-state index < -0.39 is 6.09 Å². The topological polar surface area (TPSA) is 61.9 Å². The molecule has 1 aromatic carbocycles. The number of ether oxygens (including phenoxy) is 1. The lowest BCUT2D eigenvalue weighted by Crippen LogP contribution is -2.44. The van der Waals surface area contributed by atoms with Crippen molar-refractivity contribution in [1.82, 2.24) is 15.1 Å². The van der Waals surface area contributed by atoms with Crippen molar-refractivity contribution in [3.8, 4) is 0 Å². The summed E-state index contributed by atoms with van der Waals surface area (Å²) in [5.41, 5.74) is 0.946. The van der Waals surface area contributed by atoms with E-state index in [9.17, 15) is 9.59 Å². The summed E-state index contributed by atoms with van der Waals surface area (Å²) in [6, 6.07) is 9.95. The molecule has 6 nitrogen and oxygen atoms in total. The molecular formula is C21H31N3O3. The molecule has 6 heteroatoms. The van der Waals surface area contributed by atoms with Crippen molar-refractivity contribution < 1.29 is 14.3 Å². The van der Waals surface area contributed by atoms with E-state index in [1.165, 1.54) is 12.8 Å². The van der Waals surface area contributed by atoms with Crippen LogP contribution >= 0.6 is 0 Å². The Morgan fingerprint density at radius 3 is 2.59 bits per heavy atom. The van der Waals surface area contributed by atoms with Gasteiger partial charge in [0.1, 0.15) is 6.61 Å². The number of benzene rings is 1. The molecule has 0 saturated carbocycles. The molecule has 0 radical (unpaired) electrons. The largest absolute Gasteiger partial charge is 0.445 e. The number of hydrogen-bond acceptors (Lipinski definition) is 4. The molecule has 0 aliphatic carbocycles. The quantitative estimate of drug-likeness (QED) is 0.833. The third-order valence-corrected chi connectivity index (χ3v) is 5.75. The average Bonchev–Trinajstić information content (AvgIpc) is 3.17. The zero-order chi connectivity index (χ0) is 19.1. The van der Waals surface area contributed by atoms with Crippen molar-refractivity contribution >= 4 is 12.0 Å². The zero-order valence-corrected chi connectivity index (χ0v) is 16.2. The smallest absolute Gasteiger partial charge is 0.407 e. The summed E-state index contributed by atoms with van der Waals surface area (Å²) < 4.78 is 5.18. The Kier molecular flexibility index (Phi) is 7.10. The third-order valence-electron chi connectivity index (χ3n) is 5.75. The van der Waals surface area contributed by atoms with Crippen LogP contribution in [-0.2, 0) is 16.1 Å². The van der Waals surface area contributed by atoms with Crippen LogP contribution in [0.2, 0.25) is 0 Å². The van der Waals surface area contributed by atoms with Gasteiger partial charge in [0.2, 0.25) is 5.91 Å². The van der Waals surface area contributed by atoms with E-state index in [4.69, 9.17) is 4.74 Å². The van der Waals surface area contributed by atoms with Gasteiger partial charge < -0.3 is 19.9 Å². The lowest BCUT2D eigenvalue weighted by molar-refractivity contribution is -0.133. The molecule has 1 aromatic rings. The van der Waals surface area contributed by atoms with Crippen LogP contribution < -0.4 is 5.32 Å². The van der Waals surface area contributed by atoms with Gasteiger partial charge >= 0.3 is 6.09 Å². The first-order chi connectivity index (χ1) is 13.1. The van der Waals surface area contributed by atoms with Crippen LogP contribution in [0.5, 0.6) is 0 Å². The van der Waals surface area contributed by atoms with Gasteiger partial charge in [0.15, 0.2) is 0 Å². The molecule has 27 heavy (non-hydrogen) atoms. The average molecular weight is 373 g/mol. The standard InChI is InChI=1S/C21H31N3O3/c1-23-14-10-18(11-15-23)19-8-5-13-24(19)20(25)9-12-22-21(26)27-16-17-6-3-2-4-7-17/h2-4,6-7,18-19H,5,8-16H2,1H3,(H,22,26)/t19-/m0/s1. The van der Waals surface area contributed by atoms with Crippen LogP contribution in [0.4, 0.5) is 4.79 Å². The second-order valence-corrected chi connectivity index (χ2v) is 7.68. The molecular weight excluding hydrogens is 342 g/mol. The normalized spacial score (nSPS) is 21.2. The second-order valence-electron chi connectivity index (χ2n) is 7.68. The van der Waals surface area contributed by atoms with E-state index in [1.54, 1.807) is 0 Å². The van der Waals surface area contributed by atoms with Crippen LogP contribution in [-0.4, -0.2) is 61.1 Å². The van der Waals surface area contributed by atoms with E-state index in [-0.39, 0.29) is 12.5 Å². The highest BCUT2D eigenvalue weighted by molar-refractivity contribution is 5.77. The minimum atomic E-state index is -0.472. The summed E-state index contributed by atoms with van der Waals surface area (Å²) in [5, 5.41) is 2.69. The van der Waals surface area contributed by atoms with Crippen LogP contribution in [0.25, 0.3) is 0 Å². The molecule has 0 bridgehead atoms. The van der Waals surface area contributed by atoms with Gasteiger partial charge in [-0.25, -0.2) is 4.79 Å². The maximum Gasteiger partial charge on any atom is 0.407 e. The number of rotatable bonds is 6. The third kappa shape index (κ3) is 5.70. The lowest BCUT2D eigenvalue weighted by atomic mass is 9.88. The Labute approximate surface area is 161 Å². The van der Waals surface area contributed by atoms with Crippen LogP contribution in [0.1, 0.15) is 37.7 Å². The molecule has 3 rings (SSSR count). The number of alkyl carbamates (subject to hydrolysis) is 1. The molecule has 2 heterocycles. The highest BCUT2D eigenvalue weighted by Gasteiger charge is 2.35. The molecule has 1 N–H and O–H groups in total. The maximum atomic E-state index is 12.6. The fourth-order valence-electron chi connectivity index (χ4n) is 4.19. The van der Waals surface area contributed by atoms with E-state index in [0.717, 1.165) is 38.0 Å². The van der Waals surface area contributed by atoms with Crippen molar-refractivity contribution in [3.05, 3.63) is 35.9 Å². The number of carbonyl (C=O) groups excluding carboxylic acids is 2. The van der Waals surface area contributed by atoms with Crippen molar-refractivity contribution in [2.24, 2.45) is 5.92 Å². The van der Waals surface area contributed by atoms with E-state index in [2.05, 4.69) is 22.2 Å². The lowest BCUT2D eigenvalue weighted by Gasteiger charge is -2.37. The molecule has 2 aliphatic heterocycles. The molecule has 2 amide bonds. The summed E-state index contributed by atoms with van der Waals surface area (Å²) in [6.45, 7) is 3.67. The monoisotopic (exact) mass is 373 g/mol.